The number of pyridine rings is 1. The molecule has 0 radical (unpaired) electrons. The topological polar surface area (TPSA) is 94.0 Å². The summed E-state index contributed by atoms with van der Waals surface area (Å²) in [5.74, 6) is 0. The Labute approximate surface area is 186 Å². The van der Waals surface area contributed by atoms with Crippen molar-refractivity contribution in [1.29, 1.82) is 5.26 Å². The molecular formula is C17H24KN3O3. The molecule has 0 aliphatic heterocycles. The number of ether oxygens (including phenoxy) is 2. The Bertz CT molecular complexity index is 647. The average molecular weight is 357 g/mol. The first-order chi connectivity index (χ1) is 10.8. The molecule has 126 valence electrons. The van der Waals surface area contributed by atoms with Gasteiger partial charge in [0.15, 0.2) is 6.29 Å². The molecule has 0 atom stereocenters. The van der Waals surface area contributed by atoms with E-state index in [0.717, 1.165) is 16.6 Å². The van der Waals surface area contributed by atoms with Crippen LogP contribution in [-0.2, 0) is 9.47 Å². The molecule has 0 unspecified atom stereocenters. The SMILES string of the molecule is CC(C)(C)[O-].CCOC(OCC)c1cc2cnc(C#N)cc2[nH]1.[K+]. The van der Waals surface area contributed by atoms with E-state index in [9.17, 15) is 5.11 Å². The minimum Gasteiger partial charge on any atom is -0.850 e. The Morgan fingerprint density at radius 2 is 1.79 bits per heavy atom. The van der Waals surface area contributed by atoms with Crippen LogP contribution in [0.25, 0.3) is 10.9 Å². The predicted octanol–water partition coefficient (Wildman–Crippen LogP) is -0.345. The summed E-state index contributed by atoms with van der Waals surface area (Å²) in [6, 6.07) is 5.66. The molecule has 0 saturated heterocycles. The van der Waals surface area contributed by atoms with Gasteiger partial charge in [0, 0.05) is 24.8 Å². The summed E-state index contributed by atoms with van der Waals surface area (Å²) in [5.41, 5.74) is 1.34. The van der Waals surface area contributed by atoms with E-state index >= 15 is 0 Å². The number of fused-ring (bicyclic) bond motifs is 1. The Hall–Kier alpha value is -0.304. The smallest absolute Gasteiger partial charge is 0.850 e. The van der Waals surface area contributed by atoms with Gasteiger partial charge < -0.3 is 19.6 Å². The minimum atomic E-state index is -0.750. The van der Waals surface area contributed by atoms with Crippen molar-refractivity contribution >= 4 is 10.9 Å². The van der Waals surface area contributed by atoms with Crippen LogP contribution in [0.5, 0.6) is 0 Å². The van der Waals surface area contributed by atoms with Crippen LogP contribution in [0.15, 0.2) is 18.3 Å². The zero-order valence-electron chi connectivity index (χ0n) is 15.3. The number of aromatic nitrogens is 2. The Kier molecular flexibility index (Phi) is 11.2. The largest absolute Gasteiger partial charge is 1.00 e. The Morgan fingerprint density at radius 3 is 2.25 bits per heavy atom. The van der Waals surface area contributed by atoms with E-state index in [1.807, 2.05) is 26.0 Å². The van der Waals surface area contributed by atoms with Gasteiger partial charge in [-0.15, -0.1) is 5.60 Å². The molecule has 0 saturated carbocycles. The fourth-order valence-electron chi connectivity index (χ4n) is 1.77. The summed E-state index contributed by atoms with van der Waals surface area (Å²) in [5, 5.41) is 19.8. The van der Waals surface area contributed by atoms with Crippen molar-refractivity contribution in [2.45, 2.75) is 46.5 Å². The number of aromatic amines is 1. The van der Waals surface area contributed by atoms with Gasteiger partial charge in [0.1, 0.15) is 11.8 Å². The Balaban J connectivity index is 0.000000777. The minimum absolute atomic E-state index is 0. The number of hydrogen-bond acceptors (Lipinski definition) is 5. The van der Waals surface area contributed by atoms with Crippen molar-refractivity contribution in [2.75, 3.05) is 13.2 Å². The van der Waals surface area contributed by atoms with E-state index in [1.54, 1.807) is 33.0 Å². The molecule has 1 N–H and O–H groups in total. The molecular weight excluding hydrogens is 333 g/mol. The van der Waals surface area contributed by atoms with Crippen LogP contribution in [0.1, 0.15) is 52.3 Å². The van der Waals surface area contributed by atoms with E-state index in [1.165, 1.54) is 0 Å². The van der Waals surface area contributed by atoms with Crippen molar-refractivity contribution < 1.29 is 66.0 Å². The molecule has 24 heavy (non-hydrogen) atoms. The van der Waals surface area contributed by atoms with Crippen LogP contribution in [0.3, 0.4) is 0 Å². The molecule has 0 spiro atoms. The summed E-state index contributed by atoms with van der Waals surface area (Å²) in [6.45, 7) is 9.88. The standard InChI is InChI=1S/C13H15N3O2.C4H9O.K/c1-3-17-13(18-4-2)12-5-9-8-15-10(7-14)6-11(9)16-12;1-4(2,3)5;/h5-6,8,13,16H,3-4H2,1-2H3;1-3H3;/q;-1;+1. The van der Waals surface area contributed by atoms with Crippen molar-refractivity contribution in [1.82, 2.24) is 9.97 Å². The number of rotatable bonds is 5. The maximum Gasteiger partial charge on any atom is 1.00 e. The summed E-state index contributed by atoms with van der Waals surface area (Å²) < 4.78 is 11.0. The molecule has 0 bridgehead atoms. The fourth-order valence-corrected chi connectivity index (χ4v) is 1.77. The molecule has 2 rings (SSSR count). The van der Waals surface area contributed by atoms with Crippen molar-refractivity contribution in [3.8, 4) is 6.07 Å². The summed E-state index contributed by atoms with van der Waals surface area (Å²) in [4.78, 5) is 7.23. The van der Waals surface area contributed by atoms with Crippen LogP contribution in [0, 0.1) is 11.3 Å². The van der Waals surface area contributed by atoms with Crippen LogP contribution >= 0.6 is 0 Å². The number of nitrogens with one attached hydrogen (secondary N) is 1. The number of H-pyrrole nitrogens is 1. The number of nitriles is 1. The third-order valence-electron chi connectivity index (χ3n) is 2.53. The summed E-state index contributed by atoms with van der Waals surface area (Å²) >= 11 is 0. The van der Waals surface area contributed by atoms with E-state index in [4.69, 9.17) is 14.7 Å². The monoisotopic (exact) mass is 357 g/mol. The molecule has 6 nitrogen and oxygen atoms in total. The first kappa shape index (κ1) is 23.7. The van der Waals surface area contributed by atoms with Gasteiger partial charge in [-0.25, -0.2) is 4.98 Å². The third kappa shape index (κ3) is 8.69. The zero-order valence-corrected chi connectivity index (χ0v) is 18.5. The second kappa shape index (κ2) is 11.3. The quantitative estimate of drug-likeness (QED) is 0.583. The first-order valence-corrected chi connectivity index (χ1v) is 7.60. The maximum absolute atomic E-state index is 10.1. The first-order valence-electron chi connectivity index (χ1n) is 7.60. The van der Waals surface area contributed by atoms with Gasteiger partial charge in [0.2, 0.25) is 0 Å². The van der Waals surface area contributed by atoms with Crippen molar-refractivity contribution in [3.63, 3.8) is 0 Å². The van der Waals surface area contributed by atoms with Crippen molar-refractivity contribution in [2.24, 2.45) is 0 Å². The van der Waals surface area contributed by atoms with Gasteiger partial charge in [-0.3, -0.25) is 0 Å². The van der Waals surface area contributed by atoms with Crippen molar-refractivity contribution in [3.05, 3.63) is 29.7 Å². The summed E-state index contributed by atoms with van der Waals surface area (Å²) in [6.07, 6.45) is 1.26. The molecule has 2 aromatic heterocycles. The number of hydrogen-bond donors (Lipinski definition) is 1. The van der Waals surface area contributed by atoms with Gasteiger partial charge in [-0.2, -0.15) is 5.26 Å². The maximum atomic E-state index is 10.1. The predicted molar refractivity (Wildman–Crippen MR) is 86.6 cm³/mol. The van der Waals surface area contributed by atoms with Crippen LogP contribution in [-0.4, -0.2) is 28.8 Å². The molecule has 2 aromatic rings. The second-order valence-electron chi connectivity index (χ2n) is 5.85. The van der Waals surface area contributed by atoms with Gasteiger partial charge in [-0.05, 0) is 26.0 Å². The molecule has 2 heterocycles. The van der Waals surface area contributed by atoms with Crippen LogP contribution in [0.2, 0.25) is 0 Å². The third-order valence-corrected chi connectivity index (χ3v) is 2.53. The van der Waals surface area contributed by atoms with E-state index < -0.39 is 11.9 Å². The number of nitrogens with zero attached hydrogens (tertiary/aromatic N) is 2. The Morgan fingerprint density at radius 1 is 1.25 bits per heavy atom. The fraction of sp³-hybridized carbons (Fsp3) is 0.529. The van der Waals surface area contributed by atoms with E-state index in [-0.39, 0.29) is 51.4 Å². The van der Waals surface area contributed by atoms with Gasteiger partial charge >= 0.3 is 51.4 Å². The average Bonchev–Trinajstić information content (AvgIpc) is 2.88. The van der Waals surface area contributed by atoms with Gasteiger partial charge in [0.05, 0.1) is 11.2 Å². The molecule has 0 aliphatic rings. The van der Waals surface area contributed by atoms with E-state index in [2.05, 4.69) is 9.97 Å². The normalized spacial score (nSPS) is 10.8. The van der Waals surface area contributed by atoms with E-state index in [0.29, 0.717) is 18.9 Å². The molecule has 0 amide bonds. The molecule has 0 aromatic carbocycles. The molecule has 0 fully saturated rings. The van der Waals surface area contributed by atoms with Gasteiger partial charge in [-0.1, -0.05) is 20.8 Å². The second-order valence-corrected chi connectivity index (χ2v) is 5.85. The van der Waals surface area contributed by atoms with Crippen LogP contribution < -0.4 is 56.5 Å². The molecule has 7 heteroatoms. The summed E-state index contributed by atoms with van der Waals surface area (Å²) in [7, 11) is 0. The van der Waals surface area contributed by atoms with Gasteiger partial charge in [0.25, 0.3) is 0 Å². The zero-order chi connectivity index (χ0) is 17.5. The van der Waals surface area contributed by atoms with Crippen LogP contribution in [0.4, 0.5) is 0 Å². The molecule has 0 aliphatic carbocycles.